The first-order chi connectivity index (χ1) is 13.6. The molecule has 0 saturated carbocycles. The number of hydrogen-bond donors (Lipinski definition) is 1. The molecular weight excluding hydrogens is 407 g/mol. The van der Waals surface area contributed by atoms with Gasteiger partial charge in [0, 0.05) is 25.3 Å². The van der Waals surface area contributed by atoms with E-state index in [-0.39, 0.29) is 16.7 Å². The summed E-state index contributed by atoms with van der Waals surface area (Å²) in [6.45, 7) is 4.70. The highest BCUT2D eigenvalue weighted by atomic mass is 32.2. The van der Waals surface area contributed by atoms with Gasteiger partial charge < -0.3 is 9.64 Å². The van der Waals surface area contributed by atoms with Gasteiger partial charge in [-0.15, -0.1) is 0 Å². The van der Waals surface area contributed by atoms with Crippen molar-refractivity contribution in [2.24, 2.45) is 0 Å². The van der Waals surface area contributed by atoms with Crippen LogP contribution in [0.25, 0.3) is 0 Å². The standard InChI is InChI=1S/C19H22F3N3O3S/c1-3-28-16-6-4-13(2)10-17(16)29(26,27)24-15-8-9-25(12-15)18-7-5-14(11-23-18)19(20,21)22/h4-7,10-11,15,24H,3,8-9,12H2,1-2H3. The van der Waals surface area contributed by atoms with E-state index < -0.39 is 21.8 Å². The smallest absolute Gasteiger partial charge is 0.417 e. The minimum Gasteiger partial charge on any atom is -0.492 e. The Labute approximate surface area is 167 Å². The number of nitrogens with zero attached hydrogens (tertiary/aromatic N) is 2. The fraction of sp³-hybridized carbons (Fsp3) is 0.421. The number of benzene rings is 1. The van der Waals surface area contributed by atoms with Crippen LogP contribution in [0.5, 0.6) is 5.75 Å². The lowest BCUT2D eigenvalue weighted by Crippen LogP contribution is -2.37. The van der Waals surface area contributed by atoms with Crippen molar-refractivity contribution in [2.75, 3.05) is 24.6 Å². The molecule has 1 aromatic heterocycles. The first kappa shape index (κ1) is 21.4. The monoisotopic (exact) mass is 429 g/mol. The van der Waals surface area contributed by atoms with Crippen LogP contribution in [-0.4, -0.2) is 39.1 Å². The van der Waals surface area contributed by atoms with E-state index in [9.17, 15) is 21.6 Å². The van der Waals surface area contributed by atoms with Crippen molar-refractivity contribution < 1.29 is 26.3 Å². The molecule has 10 heteroatoms. The molecule has 1 saturated heterocycles. The Hall–Kier alpha value is -2.33. The third kappa shape index (κ3) is 4.99. The highest BCUT2D eigenvalue weighted by Crippen LogP contribution is 2.30. The number of halogens is 3. The lowest BCUT2D eigenvalue weighted by atomic mass is 10.2. The molecule has 0 amide bonds. The second-order valence-electron chi connectivity index (χ2n) is 6.84. The van der Waals surface area contributed by atoms with Crippen LogP contribution in [-0.2, 0) is 16.2 Å². The first-order valence-corrected chi connectivity index (χ1v) is 10.6. The van der Waals surface area contributed by atoms with Crippen LogP contribution in [0.4, 0.5) is 19.0 Å². The molecule has 1 aliphatic rings. The Morgan fingerprint density at radius 1 is 1.28 bits per heavy atom. The van der Waals surface area contributed by atoms with Gasteiger partial charge in [-0.25, -0.2) is 18.1 Å². The highest BCUT2D eigenvalue weighted by molar-refractivity contribution is 7.89. The molecule has 1 unspecified atom stereocenters. The largest absolute Gasteiger partial charge is 0.492 e. The number of pyridine rings is 1. The van der Waals surface area contributed by atoms with Gasteiger partial charge in [-0.2, -0.15) is 13.2 Å². The van der Waals surface area contributed by atoms with Gasteiger partial charge in [-0.3, -0.25) is 0 Å². The SMILES string of the molecule is CCOc1ccc(C)cc1S(=O)(=O)NC1CCN(c2ccc(C(F)(F)F)cn2)C1. The molecule has 6 nitrogen and oxygen atoms in total. The predicted molar refractivity (Wildman–Crippen MR) is 103 cm³/mol. The van der Waals surface area contributed by atoms with Crippen LogP contribution < -0.4 is 14.4 Å². The van der Waals surface area contributed by atoms with Crippen molar-refractivity contribution >= 4 is 15.8 Å². The zero-order valence-electron chi connectivity index (χ0n) is 16.0. The molecular formula is C19H22F3N3O3S. The minimum absolute atomic E-state index is 0.0745. The van der Waals surface area contributed by atoms with Gasteiger partial charge in [0.1, 0.15) is 16.5 Å². The van der Waals surface area contributed by atoms with Crippen molar-refractivity contribution in [3.05, 3.63) is 47.7 Å². The molecule has 158 valence electrons. The predicted octanol–water partition coefficient (Wildman–Crippen LogP) is 3.36. The Balaban J connectivity index is 1.72. The second-order valence-corrected chi connectivity index (χ2v) is 8.52. The van der Waals surface area contributed by atoms with Gasteiger partial charge >= 0.3 is 6.18 Å². The van der Waals surface area contributed by atoms with Gasteiger partial charge in [-0.05, 0) is 50.1 Å². The Bertz CT molecular complexity index is 963. The third-order valence-electron chi connectivity index (χ3n) is 4.60. The van der Waals surface area contributed by atoms with Crippen molar-refractivity contribution in [1.29, 1.82) is 0 Å². The van der Waals surface area contributed by atoms with E-state index in [1.807, 2.05) is 0 Å². The van der Waals surface area contributed by atoms with E-state index in [0.717, 1.165) is 17.8 Å². The van der Waals surface area contributed by atoms with Crippen LogP contribution in [0.15, 0.2) is 41.4 Å². The van der Waals surface area contributed by atoms with Crippen molar-refractivity contribution in [3.8, 4) is 5.75 Å². The van der Waals surface area contributed by atoms with Gasteiger partial charge in [0.2, 0.25) is 10.0 Å². The van der Waals surface area contributed by atoms with Crippen LogP contribution in [0, 0.1) is 6.92 Å². The molecule has 1 aromatic carbocycles. The number of nitrogens with one attached hydrogen (secondary N) is 1. The quantitative estimate of drug-likeness (QED) is 0.763. The Morgan fingerprint density at radius 3 is 2.66 bits per heavy atom. The van der Waals surface area contributed by atoms with Crippen molar-refractivity contribution in [3.63, 3.8) is 0 Å². The van der Waals surface area contributed by atoms with E-state index in [1.54, 1.807) is 36.9 Å². The minimum atomic E-state index is -4.44. The molecule has 1 N–H and O–H groups in total. The summed E-state index contributed by atoms with van der Waals surface area (Å²) in [5.41, 5.74) is -0.0311. The summed E-state index contributed by atoms with van der Waals surface area (Å²) >= 11 is 0. The molecule has 1 aliphatic heterocycles. The number of sulfonamides is 1. The Morgan fingerprint density at radius 2 is 2.03 bits per heavy atom. The summed E-state index contributed by atoms with van der Waals surface area (Å²) < 4.78 is 71.9. The van der Waals surface area contributed by atoms with E-state index in [0.29, 0.717) is 31.9 Å². The van der Waals surface area contributed by atoms with Crippen LogP contribution in [0.1, 0.15) is 24.5 Å². The summed E-state index contributed by atoms with van der Waals surface area (Å²) in [7, 11) is -3.82. The molecule has 0 radical (unpaired) electrons. The summed E-state index contributed by atoms with van der Waals surface area (Å²) in [5.74, 6) is 0.662. The molecule has 0 bridgehead atoms. The number of hydrogen-bond acceptors (Lipinski definition) is 5. The fourth-order valence-corrected chi connectivity index (χ4v) is 4.68. The van der Waals surface area contributed by atoms with Crippen LogP contribution in [0.2, 0.25) is 0 Å². The van der Waals surface area contributed by atoms with Crippen molar-refractivity contribution in [2.45, 2.75) is 37.4 Å². The number of alkyl halides is 3. The molecule has 1 atom stereocenters. The maximum absolute atomic E-state index is 12.9. The summed E-state index contributed by atoms with van der Waals surface area (Å²) in [6.07, 6.45) is -3.15. The number of anilines is 1. The van der Waals surface area contributed by atoms with E-state index >= 15 is 0 Å². The molecule has 0 spiro atoms. The molecule has 2 heterocycles. The highest BCUT2D eigenvalue weighted by Gasteiger charge is 2.32. The third-order valence-corrected chi connectivity index (χ3v) is 6.14. The van der Waals surface area contributed by atoms with E-state index in [2.05, 4.69) is 9.71 Å². The number of rotatable bonds is 6. The normalized spacial score (nSPS) is 17.6. The first-order valence-electron chi connectivity index (χ1n) is 9.14. The lowest BCUT2D eigenvalue weighted by Gasteiger charge is -2.19. The second kappa shape index (κ2) is 8.19. The lowest BCUT2D eigenvalue weighted by molar-refractivity contribution is -0.137. The van der Waals surface area contributed by atoms with Crippen LogP contribution >= 0.6 is 0 Å². The Kier molecular flexibility index (Phi) is 6.04. The van der Waals surface area contributed by atoms with E-state index in [4.69, 9.17) is 4.74 Å². The molecule has 2 aromatic rings. The zero-order chi connectivity index (χ0) is 21.2. The average Bonchev–Trinajstić information content (AvgIpc) is 3.10. The number of aryl methyl sites for hydroxylation is 1. The molecule has 29 heavy (non-hydrogen) atoms. The van der Waals surface area contributed by atoms with Crippen LogP contribution in [0.3, 0.4) is 0 Å². The molecule has 3 rings (SSSR count). The van der Waals surface area contributed by atoms with Gasteiger partial charge in [0.25, 0.3) is 0 Å². The fourth-order valence-electron chi connectivity index (χ4n) is 3.19. The maximum Gasteiger partial charge on any atom is 0.417 e. The summed E-state index contributed by atoms with van der Waals surface area (Å²) in [5, 5.41) is 0. The summed E-state index contributed by atoms with van der Waals surface area (Å²) in [6, 6.07) is 6.84. The topological polar surface area (TPSA) is 71.5 Å². The van der Waals surface area contributed by atoms with E-state index in [1.165, 1.54) is 6.07 Å². The van der Waals surface area contributed by atoms with Gasteiger partial charge in [0.15, 0.2) is 0 Å². The maximum atomic E-state index is 12.9. The number of aromatic nitrogens is 1. The summed E-state index contributed by atoms with van der Waals surface area (Å²) in [4.78, 5) is 5.71. The molecule has 1 fully saturated rings. The number of ether oxygens (including phenoxy) is 1. The molecule has 0 aliphatic carbocycles. The zero-order valence-corrected chi connectivity index (χ0v) is 16.8. The van der Waals surface area contributed by atoms with Gasteiger partial charge in [-0.1, -0.05) is 6.07 Å². The van der Waals surface area contributed by atoms with Gasteiger partial charge in [0.05, 0.1) is 12.2 Å². The van der Waals surface area contributed by atoms with Crippen molar-refractivity contribution in [1.82, 2.24) is 9.71 Å². The average molecular weight is 429 g/mol.